The zero-order valence-electron chi connectivity index (χ0n) is 13.1. The molecule has 0 aliphatic rings. The van der Waals surface area contributed by atoms with E-state index in [0.29, 0.717) is 26.0 Å². The first kappa shape index (κ1) is 16.9. The van der Waals surface area contributed by atoms with Gasteiger partial charge in [0.15, 0.2) is 0 Å². The van der Waals surface area contributed by atoms with E-state index in [1.165, 1.54) is 6.08 Å². The highest BCUT2D eigenvalue weighted by atomic mass is 16.5. The highest BCUT2D eigenvalue weighted by Crippen LogP contribution is 2.13. The largest absolute Gasteiger partial charge is 0.466 e. The van der Waals surface area contributed by atoms with Gasteiger partial charge in [0.25, 0.3) is 0 Å². The van der Waals surface area contributed by atoms with Gasteiger partial charge in [0.1, 0.15) is 0 Å². The molecule has 0 spiro atoms. The molecule has 1 aromatic rings. The van der Waals surface area contributed by atoms with E-state index in [9.17, 15) is 9.59 Å². The van der Waals surface area contributed by atoms with Gasteiger partial charge in [-0.3, -0.25) is 14.3 Å². The minimum absolute atomic E-state index is 0.179. The quantitative estimate of drug-likeness (QED) is 0.470. The molecule has 6 nitrogen and oxygen atoms in total. The van der Waals surface area contributed by atoms with Crippen LogP contribution in [0.4, 0.5) is 0 Å². The van der Waals surface area contributed by atoms with E-state index in [0.717, 1.165) is 17.0 Å². The summed E-state index contributed by atoms with van der Waals surface area (Å²) in [5.74, 6) is -0.412. The lowest BCUT2D eigenvalue weighted by molar-refractivity contribution is -0.143. The van der Waals surface area contributed by atoms with Crippen LogP contribution in [0.5, 0.6) is 0 Å². The Balaban J connectivity index is 2.37. The molecule has 1 amide bonds. The van der Waals surface area contributed by atoms with Crippen molar-refractivity contribution in [1.29, 1.82) is 0 Å². The lowest BCUT2D eigenvalue weighted by Gasteiger charge is -2.02. The van der Waals surface area contributed by atoms with Crippen LogP contribution in [0.25, 0.3) is 6.08 Å². The molecule has 0 unspecified atom stereocenters. The molecule has 0 aromatic carbocycles. The second-order valence-electron chi connectivity index (χ2n) is 4.74. The van der Waals surface area contributed by atoms with Crippen molar-refractivity contribution in [2.24, 2.45) is 7.05 Å². The van der Waals surface area contributed by atoms with Crippen LogP contribution in [0, 0.1) is 13.8 Å². The summed E-state index contributed by atoms with van der Waals surface area (Å²) in [5.41, 5.74) is 2.86. The van der Waals surface area contributed by atoms with Crippen molar-refractivity contribution >= 4 is 18.0 Å². The molecule has 0 bridgehead atoms. The number of carbonyl (C=O) groups is 2. The van der Waals surface area contributed by atoms with Crippen LogP contribution in [-0.2, 0) is 21.4 Å². The Morgan fingerprint density at radius 2 is 2.10 bits per heavy atom. The summed E-state index contributed by atoms with van der Waals surface area (Å²) < 4.78 is 6.59. The maximum atomic E-state index is 11.7. The summed E-state index contributed by atoms with van der Waals surface area (Å²) in [5, 5.41) is 7.02. The third-order valence-electron chi connectivity index (χ3n) is 3.13. The second-order valence-corrected chi connectivity index (χ2v) is 4.74. The van der Waals surface area contributed by atoms with Gasteiger partial charge in [0.05, 0.1) is 12.3 Å². The number of rotatable bonds is 7. The number of aryl methyl sites for hydroxylation is 2. The van der Waals surface area contributed by atoms with Crippen LogP contribution < -0.4 is 5.32 Å². The van der Waals surface area contributed by atoms with E-state index in [1.54, 1.807) is 17.7 Å². The van der Waals surface area contributed by atoms with Gasteiger partial charge < -0.3 is 10.1 Å². The smallest absolute Gasteiger partial charge is 0.305 e. The molecule has 0 aliphatic carbocycles. The second kappa shape index (κ2) is 8.24. The highest BCUT2D eigenvalue weighted by molar-refractivity contribution is 5.92. The predicted octanol–water partition coefficient (Wildman–Crippen LogP) is 1.51. The summed E-state index contributed by atoms with van der Waals surface area (Å²) in [7, 11) is 1.87. The number of carbonyl (C=O) groups excluding carboxylic acids is 2. The van der Waals surface area contributed by atoms with Gasteiger partial charge >= 0.3 is 5.97 Å². The third kappa shape index (κ3) is 5.41. The molecule has 0 fully saturated rings. The number of nitrogens with one attached hydrogen (secondary N) is 1. The van der Waals surface area contributed by atoms with Crippen LogP contribution in [0.1, 0.15) is 36.7 Å². The molecular weight excluding hydrogens is 270 g/mol. The van der Waals surface area contributed by atoms with Crippen LogP contribution in [0.2, 0.25) is 0 Å². The van der Waals surface area contributed by atoms with Gasteiger partial charge in [-0.15, -0.1) is 0 Å². The van der Waals surface area contributed by atoms with Crippen molar-refractivity contribution in [3.63, 3.8) is 0 Å². The zero-order chi connectivity index (χ0) is 15.8. The summed E-state index contributed by atoms with van der Waals surface area (Å²) in [4.78, 5) is 22.8. The molecule has 0 saturated carbocycles. The SMILES string of the molecule is CCOC(=O)CCCNC(=O)C=Cc1c(C)nn(C)c1C. The van der Waals surface area contributed by atoms with Crippen LogP contribution >= 0.6 is 0 Å². The highest BCUT2D eigenvalue weighted by Gasteiger charge is 2.06. The van der Waals surface area contributed by atoms with E-state index in [-0.39, 0.29) is 11.9 Å². The lowest BCUT2D eigenvalue weighted by Crippen LogP contribution is -2.22. The number of aromatic nitrogens is 2. The fraction of sp³-hybridized carbons (Fsp3) is 0.533. The average molecular weight is 293 g/mol. The third-order valence-corrected chi connectivity index (χ3v) is 3.13. The van der Waals surface area contributed by atoms with Gasteiger partial charge in [0.2, 0.25) is 5.91 Å². The van der Waals surface area contributed by atoms with Crippen LogP contribution in [0.15, 0.2) is 6.08 Å². The van der Waals surface area contributed by atoms with E-state index in [2.05, 4.69) is 10.4 Å². The van der Waals surface area contributed by atoms with Gasteiger partial charge in [-0.25, -0.2) is 0 Å². The van der Waals surface area contributed by atoms with Gasteiger partial charge in [-0.05, 0) is 33.3 Å². The molecule has 0 aliphatic heterocycles. The van der Waals surface area contributed by atoms with Crippen LogP contribution in [0.3, 0.4) is 0 Å². The molecule has 1 heterocycles. The molecule has 0 radical (unpaired) electrons. The summed E-state index contributed by atoms with van der Waals surface area (Å²) >= 11 is 0. The molecule has 1 N–H and O–H groups in total. The topological polar surface area (TPSA) is 73.2 Å². The fourth-order valence-electron chi connectivity index (χ4n) is 1.93. The number of esters is 1. The Morgan fingerprint density at radius 1 is 1.38 bits per heavy atom. The summed E-state index contributed by atoms with van der Waals surface area (Å²) in [6.07, 6.45) is 4.14. The zero-order valence-corrected chi connectivity index (χ0v) is 13.1. The number of ether oxygens (including phenoxy) is 1. The molecule has 0 atom stereocenters. The maximum Gasteiger partial charge on any atom is 0.305 e. The first-order chi connectivity index (χ1) is 9.95. The van der Waals surface area contributed by atoms with Gasteiger partial charge in [0, 0.05) is 37.3 Å². The Labute approximate surface area is 125 Å². The van der Waals surface area contributed by atoms with Crippen molar-refractivity contribution in [2.75, 3.05) is 13.2 Å². The summed E-state index contributed by atoms with van der Waals surface area (Å²) in [6, 6.07) is 0. The molecule has 116 valence electrons. The standard InChI is InChI=1S/C15H23N3O3/c1-5-21-15(20)7-6-10-16-14(19)9-8-13-11(2)17-18(4)12(13)3/h8-9H,5-7,10H2,1-4H3,(H,16,19). The fourth-order valence-corrected chi connectivity index (χ4v) is 1.93. The number of nitrogens with zero attached hydrogens (tertiary/aromatic N) is 2. The maximum absolute atomic E-state index is 11.7. The molecule has 1 aromatic heterocycles. The Hall–Kier alpha value is -2.11. The Kier molecular flexibility index (Phi) is 6.65. The van der Waals surface area contributed by atoms with E-state index < -0.39 is 0 Å². The average Bonchev–Trinajstić information content (AvgIpc) is 2.67. The first-order valence-corrected chi connectivity index (χ1v) is 7.07. The van der Waals surface area contributed by atoms with Crippen LogP contribution in [-0.4, -0.2) is 34.8 Å². The molecule has 0 saturated heterocycles. The van der Waals surface area contributed by atoms with Crippen molar-refractivity contribution in [1.82, 2.24) is 15.1 Å². The first-order valence-electron chi connectivity index (χ1n) is 7.07. The monoisotopic (exact) mass is 293 g/mol. The lowest BCUT2D eigenvalue weighted by atomic mass is 10.2. The van der Waals surface area contributed by atoms with Crippen molar-refractivity contribution in [2.45, 2.75) is 33.6 Å². The summed E-state index contributed by atoms with van der Waals surface area (Å²) in [6.45, 7) is 6.47. The molecule has 21 heavy (non-hydrogen) atoms. The molecule has 6 heteroatoms. The van der Waals surface area contributed by atoms with Gasteiger partial charge in [-0.1, -0.05) is 0 Å². The van der Waals surface area contributed by atoms with Crippen molar-refractivity contribution in [3.8, 4) is 0 Å². The van der Waals surface area contributed by atoms with E-state index in [1.807, 2.05) is 20.9 Å². The minimum atomic E-state index is -0.232. The van der Waals surface area contributed by atoms with Gasteiger partial charge in [-0.2, -0.15) is 5.10 Å². The number of hydrogen-bond donors (Lipinski definition) is 1. The van der Waals surface area contributed by atoms with E-state index in [4.69, 9.17) is 4.74 Å². The number of hydrogen-bond acceptors (Lipinski definition) is 4. The Bertz CT molecular complexity index is 533. The normalized spacial score (nSPS) is 10.9. The predicted molar refractivity (Wildman–Crippen MR) is 80.6 cm³/mol. The van der Waals surface area contributed by atoms with Crippen molar-refractivity contribution < 1.29 is 14.3 Å². The van der Waals surface area contributed by atoms with Crippen molar-refractivity contribution in [3.05, 3.63) is 23.0 Å². The number of amides is 1. The molecule has 1 rings (SSSR count). The Morgan fingerprint density at radius 3 is 2.67 bits per heavy atom. The minimum Gasteiger partial charge on any atom is -0.466 e. The molecular formula is C15H23N3O3. The van der Waals surface area contributed by atoms with E-state index >= 15 is 0 Å².